The highest BCUT2D eigenvalue weighted by Gasteiger charge is 2.51. The maximum atomic E-state index is 13.7. The van der Waals surface area contributed by atoms with Gasteiger partial charge in [-0.3, -0.25) is 9.59 Å². The molecule has 2 aliphatic rings. The minimum Gasteiger partial charge on any atom is -0.497 e. The number of rotatable bonds is 3. The van der Waals surface area contributed by atoms with E-state index in [1.807, 2.05) is 48.2 Å². The summed E-state index contributed by atoms with van der Waals surface area (Å²) in [5.41, 5.74) is 3.28. The topological polar surface area (TPSA) is 74.4 Å². The van der Waals surface area contributed by atoms with Crippen molar-refractivity contribution in [2.24, 2.45) is 0 Å². The summed E-state index contributed by atoms with van der Waals surface area (Å²) in [5.74, 6) is 0.803. The summed E-state index contributed by atoms with van der Waals surface area (Å²) in [5, 5.41) is 4.27. The SMILES string of the molecule is COc1ccc([C@H]2N(C(=O)c3cc4ccc(C)cc4[nH]3)CCC[C@]23CCC(=O)N3)cc1. The Labute approximate surface area is 181 Å². The number of fused-ring (bicyclic) bond motifs is 1. The van der Waals surface area contributed by atoms with Crippen LogP contribution in [0.2, 0.25) is 0 Å². The zero-order chi connectivity index (χ0) is 21.6. The smallest absolute Gasteiger partial charge is 0.270 e. The fourth-order valence-corrected chi connectivity index (χ4v) is 5.28. The number of amides is 2. The van der Waals surface area contributed by atoms with Crippen molar-refractivity contribution in [3.05, 3.63) is 65.4 Å². The average molecular weight is 418 g/mol. The van der Waals surface area contributed by atoms with Crippen LogP contribution in [0.15, 0.2) is 48.5 Å². The summed E-state index contributed by atoms with van der Waals surface area (Å²) >= 11 is 0. The second-order valence-corrected chi connectivity index (χ2v) is 8.76. The lowest BCUT2D eigenvalue weighted by atomic mass is 9.76. The Kier molecular flexibility index (Phi) is 4.73. The van der Waals surface area contributed by atoms with Crippen LogP contribution in [0.3, 0.4) is 0 Å². The van der Waals surface area contributed by atoms with E-state index in [0.717, 1.165) is 47.0 Å². The van der Waals surface area contributed by atoms with Gasteiger partial charge in [-0.2, -0.15) is 0 Å². The van der Waals surface area contributed by atoms with Crippen LogP contribution in [0.5, 0.6) is 5.75 Å². The third-order valence-corrected chi connectivity index (χ3v) is 6.74. The number of aryl methyl sites for hydroxylation is 1. The molecule has 3 heterocycles. The van der Waals surface area contributed by atoms with Crippen LogP contribution in [0, 0.1) is 6.92 Å². The molecule has 0 unspecified atom stereocenters. The molecule has 0 bridgehead atoms. The number of piperidine rings is 1. The quantitative estimate of drug-likeness (QED) is 0.673. The third kappa shape index (κ3) is 3.36. The molecule has 6 nitrogen and oxygen atoms in total. The highest BCUT2D eigenvalue weighted by atomic mass is 16.5. The van der Waals surface area contributed by atoms with E-state index in [9.17, 15) is 9.59 Å². The van der Waals surface area contributed by atoms with Crippen molar-refractivity contribution in [2.45, 2.75) is 44.2 Å². The molecule has 2 N–H and O–H groups in total. The van der Waals surface area contributed by atoms with Gasteiger partial charge in [0.25, 0.3) is 5.91 Å². The van der Waals surface area contributed by atoms with Crippen molar-refractivity contribution in [3.8, 4) is 5.75 Å². The fraction of sp³-hybridized carbons (Fsp3) is 0.360. The van der Waals surface area contributed by atoms with Crippen molar-refractivity contribution >= 4 is 22.7 Å². The van der Waals surface area contributed by atoms with E-state index >= 15 is 0 Å². The van der Waals surface area contributed by atoms with Crippen molar-refractivity contribution < 1.29 is 14.3 Å². The lowest BCUT2D eigenvalue weighted by molar-refractivity contribution is -0.120. The van der Waals surface area contributed by atoms with Gasteiger partial charge in [0.2, 0.25) is 5.91 Å². The predicted molar refractivity (Wildman–Crippen MR) is 119 cm³/mol. The molecule has 2 amide bonds. The summed E-state index contributed by atoms with van der Waals surface area (Å²) in [7, 11) is 1.64. The lowest BCUT2D eigenvalue weighted by Gasteiger charge is -2.48. The van der Waals surface area contributed by atoms with Gasteiger partial charge in [-0.25, -0.2) is 0 Å². The van der Waals surface area contributed by atoms with E-state index in [1.165, 1.54) is 0 Å². The standard InChI is InChI=1S/C25H27N3O3/c1-16-4-5-18-15-21(26-20(18)14-16)24(30)28-13-3-11-25(12-10-22(29)27-25)23(28)17-6-8-19(31-2)9-7-17/h4-9,14-15,23,26H,3,10-13H2,1-2H3,(H,27,29)/t23-,25+/m1/s1. The van der Waals surface area contributed by atoms with E-state index < -0.39 is 5.54 Å². The van der Waals surface area contributed by atoms with E-state index in [0.29, 0.717) is 18.7 Å². The van der Waals surface area contributed by atoms with Gasteiger partial charge >= 0.3 is 0 Å². The second kappa shape index (κ2) is 7.45. The average Bonchev–Trinajstić information content (AvgIpc) is 3.36. The highest BCUT2D eigenvalue weighted by molar-refractivity contribution is 5.98. The van der Waals surface area contributed by atoms with Gasteiger partial charge in [-0.05, 0) is 61.6 Å². The van der Waals surface area contributed by atoms with Crippen LogP contribution in [-0.4, -0.2) is 40.9 Å². The Hall–Kier alpha value is -3.28. The first-order valence-corrected chi connectivity index (χ1v) is 10.8. The summed E-state index contributed by atoms with van der Waals surface area (Å²) in [6, 6.07) is 15.7. The number of aromatic nitrogens is 1. The summed E-state index contributed by atoms with van der Waals surface area (Å²) in [6.45, 7) is 2.69. The second-order valence-electron chi connectivity index (χ2n) is 8.76. The molecule has 2 fully saturated rings. The largest absolute Gasteiger partial charge is 0.497 e. The Morgan fingerprint density at radius 3 is 2.65 bits per heavy atom. The van der Waals surface area contributed by atoms with Crippen LogP contribution in [0.1, 0.15) is 53.3 Å². The molecule has 31 heavy (non-hydrogen) atoms. The van der Waals surface area contributed by atoms with E-state index in [1.54, 1.807) is 7.11 Å². The number of H-pyrrole nitrogens is 1. The van der Waals surface area contributed by atoms with Gasteiger partial charge in [0.1, 0.15) is 11.4 Å². The van der Waals surface area contributed by atoms with Crippen LogP contribution in [0.25, 0.3) is 10.9 Å². The molecule has 0 aliphatic carbocycles. The summed E-state index contributed by atoms with van der Waals surface area (Å²) < 4.78 is 5.32. The molecule has 3 aromatic rings. The highest BCUT2D eigenvalue weighted by Crippen LogP contribution is 2.45. The first-order valence-electron chi connectivity index (χ1n) is 10.8. The van der Waals surface area contributed by atoms with E-state index in [4.69, 9.17) is 4.74 Å². The molecule has 2 aliphatic heterocycles. The first kappa shape index (κ1) is 19.7. The zero-order valence-electron chi connectivity index (χ0n) is 17.9. The van der Waals surface area contributed by atoms with Crippen molar-refractivity contribution in [2.75, 3.05) is 13.7 Å². The van der Waals surface area contributed by atoms with Crippen molar-refractivity contribution in [3.63, 3.8) is 0 Å². The molecule has 6 heteroatoms. The first-order chi connectivity index (χ1) is 15.0. The number of nitrogens with zero attached hydrogens (tertiary/aromatic N) is 1. The number of benzene rings is 2. The molecular formula is C25H27N3O3. The number of carbonyl (C=O) groups is 2. The monoisotopic (exact) mass is 417 g/mol. The predicted octanol–water partition coefficient (Wildman–Crippen LogP) is 4.11. The number of methoxy groups -OCH3 is 1. The molecule has 5 rings (SSSR count). The fourth-order valence-electron chi connectivity index (χ4n) is 5.28. The minimum atomic E-state index is -0.428. The molecule has 0 radical (unpaired) electrons. The maximum absolute atomic E-state index is 13.7. The molecule has 2 atom stereocenters. The number of carbonyl (C=O) groups excluding carboxylic acids is 2. The number of nitrogens with one attached hydrogen (secondary N) is 2. The molecular weight excluding hydrogens is 390 g/mol. The zero-order valence-corrected chi connectivity index (χ0v) is 17.9. The summed E-state index contributed by atoms with van der Waals surface area (Å²) in [6.07, 6.45) is 2.96. The molecule has 2 aromatic carbocycles. The lowest BCUT2D eigenvalue weighted by Crippen LogP contribution is -2.58. The summed E-state index contributed by atoms with van der Waals surface area (Å²) in [4.78, 5) is 31.2. The van der Waals surface area contributed by atoms with Gasteiger partial charge in [0.05, 0.1) is 18.7 Å². The third-order valence-electron chi connectivity index (χ3n) is 6.74. The molecule has 160 valence electrons. The van der Waals surface area contributed by atoms with Crippen molar-refractivity contribution in [1.82, 2.24) is 15.2 Å². The maximum Gasteiger partial charge on any atom is 0.270 e. The molecule has 1 spiro atoms. The van der Waals surface area contributed by atoms with Gasteiger partial charge in [-0.15, -0.1) is 0 Å². The number of likely N-dealkylation sites (tertiary alicyclic amines) is 1. The van der Waals surface area contributed by atoms with Crippen molar-refractivity contribution in [1.29, 1.82) is 0 Å². The van der Waals surface area contributed by atoms with Gasteiger partial charge < -0.3 is 19.9 Å². The van der Waals surface area contributed by atoms with E-state index in [-0.39, 0.29) is 17.9 Å². The number of aromatic amines is 1. The number of ether oxygens (including phenoxy) is 1. The van der Waals surface area contributed by atoms with Gasteiger partial charge in [-0.1, -0.05) is 24.3 Å². The minimum absolute atomic E-state index is 0.0325. The Balaban J connectivity index is 1.56. The number of hydrogen-bond donors (Lipinski definition) is 2. The van der Waals surface area contributed by atoms with Crippen LogP contribution >= 0.6 is 0 Å². The van der Waals surface area contributed by atoms with Crippen LogP contribution in [0.4, 0.5) is 0 Å². The Bertz CT molecular complexity index is 1150. The molecule has 0 saturated carbocycles. The number of hydrogen-bond acceptors (Lipinski definition) is 3. The Morgan fingerprint density at radius 1 is 1.13 bits per heavy atom. The van der Waals surface area contributed by atoms with E-state index in [2.05, 4.69) is 22.4 Å². The van der Waals surface area contributed by atoms with Gasteiger partial charge in [0, 0.05) is 23.9 Å². The van der Waals surface area contributed by atoms with Crippen LogP contribution < -0.4 is 10.1 Å². The Morgan fingerprint density at radius 2 is 1.94 bits per heavy atom. The van der Waals surface area contributed by atoms with Crippen LogP contribution in [-0.2, 0) is 4.79 Å². The molecule has 2 saturated heterocycles. The molecule has 1 aromatic heterocycles. The van der Waals surface area contributed by atoms with Gasteiger partial charge in [0.15, 0.2) is 0 Å². The normalized spacial score (nSPS) is 23.4.